The van der Waals surface area contributed by atoms with Crippen molar-refractivity contribution < 1.29 is 4.42 Å². The molecular weight excluding hydrogens is 679 g/mol. The smallest absolute Gasteiger partial charge is 0.136 e. The molecule has 10 aromatic carbocycles. The van der Waals surface area contributed by atoms with E-state index in [1.165, 1.54) is 65.5 Å². The fourth-order valence-electron chi connectivity index (χ4n) is 8.80. The van der Waals surface area contributed by atoms with Gasteiger partial charge in [-0.15, -0.1) is 0 Å². The van der Waals surface area contributed by atoms with Crippen LogP contribution < -0.4 is 4.90 Å². The number of hydrogen-bond donors (Lipinski definition) is 0. The molecule has 0 unspecified atom stereocenters. The molecule has 1 heterocycles. The van der Waals surface area contributed by atoms with Crippen molar-refractivity contribution in [1.29, 1.82) is 0 Å². The predicted octanol–water partition coefficient (Wildman–Crippen LogP) is 15.5. The van der Waals surface area contributed by atoms with Gasteiger partial charge in [-0.1, -0.05) is 170 Å². The molecule has 0 saturated heterocycles. The number of para-hydroxylation sites is 3. The summed E-state index contributed by atoms with van der Waals surface area (Å²) >= 11 is 0. The Morgan fingerprint density at radius 2 is 0.768 bits per heavy atom. The quantitative estimate of drug-likeness (QED) is 0.160. The second-order valence-corrected chi connectivity index (χ2v) is 14.4. The molecule has 0 bridgehead atoms. The minimum Gasteiger partial charge on any atom is -0.456 e. The summed E-state index contributed by atoms with van der Waals surface area (Å²) in [6, 6.07) is 76.4. The van der Waals surface area contributed by atoms with Crippen molar-refractivity contribution in [3.8, 4) is 33.4 Å². The third kappa shape index (κ3) is 5.11. The van der Waals surface area contributed by atoms with Crippen molar-refractivity contribution in [1.82, 2.24) is 0 Å². The molecular formula is C54H35NO. The Kier molecular flexibility index (Phi) is 7.53. The summed E-state index contributed by atoms with van der Waals surface area (Å²) in [5.74, 6) is 0. The number of rotatable bonds is 6. The Morgan fingerprint density at radius 3 is 1.50 bits per heavy atom. The van der Waals surface area contributed by atoms with E-state index in [2.05, 4.69) is 211 Å². The molecule has 0 aliphatic carbocycles. The van der Waals surface area contributed by atoms with Crippen molar-refractivity contribution in [2.24, 2.45) is 0 Å². The summed E-state index contributed by atoms with van der Waals surface area (Å²) in [6.07, 6.45) is 0. The Morgan fingerprint density at radius 1 is 0.268 bits per heavy atom. The molecule has 2 heteroatoms. The zero-order valence-corrected chi connectivity index (χ0v) is 30.6. The van der Waals surface area contributed by atoms with Gasteiger partial charge in [0.25, 0.3) is 0 Å². The number of nitrogens with zero attached hydrogens (tertiary/aromatic N) is 1. The van der Waals surface area contributed by atoms with Gasteiger partial charge >= 0.3 is 0 Å². The molecule has 0 N–H and O–H groups in total. The Bertz CT molecular complexity index is 3200. The van der Waals surface area contributed by atoms with Crippen LogP contribution in [0.4, 0.5) is 17.1 Å². The first-order valence-electron chi connectivity index (χ1n) is 19.2. The van der Waals surface area contributed by atoms with Crippen LogP contribution in [0.5, 0.6) is 0 Å². The third-order valence-electron chi connectivity index (χ3n) is 11.3. The number of anilines is 3. The zero-order chi connectivity index (χ0) is 37.0. The molecule has 56 heavy (non-hydrogen) atoms. The van der Waals surface area contributed by atoms with Gasteiger partial charge in [0, 0.05) is 33.0 Å². The highest BCUT2D eigenvalue weighted by atomic mass is 16.3. The van der Waals surface area contributed by atoms with Crippen molar-refractivity contribution in [2.45, 2.75) is 0 Å². The SMILES string of the molecule is c1ccc(-c2ccc(N(c3ccccc3-c3ccccc3)c3ccccc3-c3cccc4c5ccc6oc7ccccc7c6c5c5ccccc5c34)cc2)cc1. The summed E-state index contributed by atoms with van der Waals surface area (Å²) in [4.78, 5) is 2.44. The van der Waals surface area contributed by atoms with Crippen LogP contribution in [0.25, 0.3) is 87.6 Å². The molecule has 0 aliphatic heterocycles. The summed E-state index contributed by atoms with van der Waals surface area (Å²) < 4.78 is 6.41. The van der Waals surface area contributed by atoms with E-state index in [0.717, 1.165) is 39.2 Å². The summed E-state index contributed by atoms with van der Waals surface area (Å²) in [6.45, 7) is 0. The van der Waals surface area contributed by atoms with E-state index < -0.39 is 0 Å². The van der Waals surface area contributed by atoms with Crippen molar-refractivity contribution in [3.63, 3.8) is 0 Å². The first-order chi connectivity index (χ1) is 27.8. The van der Waals surface area contributed by atoms with Crippen LogP contribution in [0, 0.1) is 0 Å². The van der Waals surface area contributed by atoms with Crippen LogP contribution in [0.1, 0.15) is 0 Å². The number of furan rings is 1. The standard InChI is InChI=1S/C54H35NO/c1-3-16-36(17-4-1)37-30-32-39(33-31-37)55(48-27-12-9-20-40(48)38-18-5-2-6-19-38)49-28-13-10-21-41(49)42-25-15-26-44-46-34-35-51-54(47-24-11-14-29-50(47)56-51)53(46)45-23-8-7-22-43(45)52(42)44/h1-35H. The molecule has 11 rings (SSSR count). The molecule has 0 atom stereocenters. The molecule has 0 spiro atoms. The molecule has 0 radical (unpaired) electrons. The summed E-state index contributed by atoms with van der Waals surface area (Å²) in [5.41, 5.74) is 12.2. The van der Waals surface area contributed by atoms with Crippen LogP contribution >= 0.6 is 0 Å². The van der Waals surface area contributed by atoms with E-state index >= 15 is 0 Å². The van der Waals surface area contributed by atoms with Crippen LogP contribution in [0.2, 0.25) is 0 Å². The normalized spacial score (nSPS) is 11.6. The molecule has 11 aromatic rings. The van der Waals surface area contributed by atoms with Gasteiger partial charge in [0.05, 0.1) is 11.4 Å². The second-order valence-electron chi connectivity index (χ2n) is 14.4. The fraction of sp³-hybridized carbons (Fsp3) is 0. The van der Waals surface area contributed by atoms with E-state index in [0.29, 0.717) is 0 Å². The van der Waals surface area contributed by atoms with Gasteiger partial charge in [-0.05, 0) is 91.6 Å². The van der Waals surface area contributed by atoms with E-state index in [-0.39, 0.29) is 0 Å². The molecule has 0 aliphatic rings. The van der Waals surface area contributed by atoms with Gasteiger partial charge in [-0.3, -0.25) is 0 Å². The first kappa shape index (κ1) is 32.0. The van der Waals surface area contributed by atoms with E-state index in [1.807, 2.05) is 6.07 Å². The molecule has 2 nitrogen and oxygen atoms in total. The highest BCUT2D eigenvalue weighted by Gasteiger charge is 2.23. The van der Waals surface area contributed by atoms with E-state index in [1.54, 1.807) is 0 Å². The summed E-state index contributed by atoms with van der Waals surface area (Å²) in [7, 11) is 0. The van der Waals surface area contributed by atoms with E-state index in [4.69, 9.17) is 4.42 Å². The average molecular weight is 714 g/mol. The Labute approximate surface area is 325 Å². The maximum absolute atomic E-state index is 6.41. The number of benzene rings is 10. The predicted molar refractivity (Wildman–Crippen MR) is 237 cm³/mol. The fourth-order valence-corrected chi connectivity index (χ4v) is 8.80. The van der Waals surface area contributed by atoms with E-state index in [9.17, 15) is 0 Å². The van der Waals surface area contributed by atoms with Crippen molar-refractivity contribution >= 4 is 71.3 Å². The minimum absolute atomic E-state index is 0.912. The third-order valence-corrected chi connectivity index (χ3v) is 11.3. The monoisotopic (exact) mass is 713 g/mol. The van der Waals surface area contributed by atoms with Gasteiger partial charge in [0.1, 0.15) is 11.2 Å². The van der Waals surface area contributed by atoms with Crippen molar-refractivity contribution in [2.75, 3.05) is 4.90 Å². The van der Waals surface area contributed by atoms with Gasteiger partial charge in [0.15, 0.2) is 0 Å². The number of hydrogen-bond acceptors (Lipinski definition) is 2. The first-order valence-corrected chi connectivity index (χ1v) is 19.2. The van der Waals surface area contributed by atoms with Crippen molar-refractivity contribution in [3.05, 3.63) is 212 Å². The van der Waals surface area contributed by atoms with Crippen LogP contribution in [0.15, 0.2) is 217 Å². The molecule has 0 fully saturated rings. The molecule has 0 saturated carbocycles. The maximum atomic E-state index is 6.41. The summed E-state index contributed by atoms with van der Waals surface area (Å²) in [5, 5.41) is 9.68. The minimum atomic E-state index is 0.912. The zero-order valence-electron chi connectivity index (χ0n) is 30.6. The molecule has 0 amide bonds. The molecule has 1 aromatic heterocycles. The largest absolute Gasteiger partial charge is 0.456 e. The highest BCUT2D eigenvalue weighted by Crippen LogP contribution is 2.49. The highest BCUT2D eigenvalue weighted by molar-refractivity contribution is 6.36. The van der Waals surface area contributed by atoms with Gasteiger partial charge in [0.2, 0.25) is 0 Å². The van der Waals surface area contributed by atoms with Crippen LogP contribution in [0.3, 0.4) is 0 Å². The topological polar surface area (TPSA) is 16.4 Å². The van der Waals surface area contributed by atoms with Crippen LogP contribution in [-0.4, -0.2) is 0 Å². The number of fused-ring (bicyclic) bond motifs is 10. The second kappa shape index (κ2) is 13.2. The van der Waals surface area contributed by atoms with Gasteiger partial charge in [-0.2, -0.15) is 0 Å². The van der Waals surface area contributed by atoms with Gasteiger partial charge < -0.3 is 9.32 Å². The lowest BCUT2D eigenvalue weighted by Crippen LogP contribution is -2.12. The Balaban J connectivity index is 1.20. The van der Waals surface area contributed by atoms with Gasteiger partial charge in [-0.25, -0.2) is 0 Å². The lowest BCUT2D eigenvalue weighted by Gasteiger charge is -2.30. The average Bonchev–Trinajstić information content (AvgIpc) is 3.66. The van der Waals surface area contributed by atoms with Crippen LogP contribution in [-0.2, 0) is 0 Å². The lowest BCUT2D eigenvalue weighted by molar-refractivity contribution is 0.669. The lowest BCUT2D eigenvalue weighted by atomic mass is 9.87. The Hall–Kier alpha value is -7.42. The molecule has 262 valence electrons. The maximum Gasteiger partial charge on any atom is 0.136 e.